The first kappa shape index (κ1) is 23.4. The summed E-state index contributed by atoms with van der Waals surface area (Å²) in [5, 5.41) is 23.3. The van der Waals surface area contributed by atoms with Gasteiger partial charge in [-0.05, 0) is 36.6 Å². The van der Waals surface area contributed by atoms with Crippen LogP contribution in [0.2, 0.25) is 0 Å². The SMILES string of the molecule is CC(Nc1ncnc2cc(C3=CCN(C(=O)O)CC3)sc12)c1cc([N+](=O)[O-])cc(C(F)(F)F)c1. The third-order valence-corrected chi connectivity index (χ3v) is 6.65. The Labute approximate surface area is 194 Å². The molecule has 0 bridgehead atoms. The van der Waals surface area contributed by atoms with Crippen LogP contribution in [-0.4, -0.2) is 44.1 Å². The lowest BCUT2D eigenvalue weighted by Crippen LogP contribution is -2.33. The largest absolute Gasteiger partial charge is 0.465 e. The molecule has 4 rings (SSSR count). The maximum Gasteiger partial charge on any atom is 0.416 e. The van der Waals surface area contributed by atoms with Gasteiger partial charge in [0.15, 0.2) is 0 Å². The van der Waals surface area contributed by atoms with Crippen molar-refractivity contribution in [1.29, 1.82) is 0 Å². The maximum atomic E-state index is 13.3. The fraction of sp³-hybridized carbons (Fsp3) is 0.286. The summed E-state index contributed by atoms with van der Waals surface area (Å²) in [5.74, 6) is 0.386. The second kappa shape index (κ2) is 8.89. The van der Waals surface area contributed by atoms with Gasteiger partial charge in [-0.1, -0.05) is 6.08 Å². The summed E-state index contributed by atoms with van der Waals surface area (Å²) >= 11 is 1.38. The summed E-state index contributed by atoms with van der Waals surface area (Å²) in [5.41, 5.74) is -0.0521. The van der Waals surface area contributed by atoms with Gasteiger partial charge in [0.1, 0.15) is 12.1 Å². The maximum absolute atomic E-state index is 13.3. The van der Waals surface area contributed by atoms with Crippen molar-refractivity contribution < 1.29 is 28.0 Å². The smallest absolute Gasteiger partial charge is 0.416 e. The number of nitro groups is 1. The molecule has 0 fully saturated rings. The number of nitro benzene ring substituents is 1. The first-order valence-electron chi connectivity index (χ1n) is 10.1. The first-order chi connectivity index (χ1) is 16.0. The molecule has 1 aliphatic heterocycles. The van der Waals surface area contributed by atoms with Crippen molar-refractivity contribution in [3.63, 3.8) is 0 Å². The molecule has 3 aromatic rings. The number of thiophene rings is 1. The normalized spacial score (nSPS) is 15.2. The highest BCUT2D eigenvalue weighted by molar-refractivity contribution is 7.20. The van der Waals surface area contributed by atoms with Crippen LogP contribution in [0.15, 0.2) is 36.7 Å². The second-order valence-electron chi connectivity index (χ2n) is 7.69. The van der Waals surface area contributed by atoms with Crippen LogP contribution in [0, 0.1) is 10.1 Å². The van der Waals surface area contributed by atoms with E-state index < -0.39 is 34.5 Å². The summed E-state index contributed by atoms with van der Waals surface area (Å²) in [6.07, 6.45) is -2.00. The number of nitrogens with one attached hydrogen (secondary N) is 1. The zero-order valence-corrected chi connectivity index (χ0v) is 18.5. The van der Waals surface area contributed by atoms with Crippen molar-refractivity contribution in [2.45, 2.75) is 25.6 Å². The Morgan fingerprint density at radius 1 is 1.29 bits per heavy atom. The fourth-order valence-corrected chi connectivity index (χ4v) is 4.76. The summed E-state index contributed by atoms with van der Waals surface area (Å²) < 4.78 is 40.4. The van der Waals surface area contributed by atoms with Gasteiger partial charge in [0.2, 0.25) is 0 Å². The number of carbonyl (C=O) groups is 1. The summed E-state index contributed by atoms with van der Waals surface area (Å²) in [6, 6.07) is 3.63. The summed E-state index contributed by atoms with van der Waals surface area (Å²) in [4.78, 5) is 32.1. The van der Waals surface area contributed by atoms with E-state index in [2.05, 4.69) is 15.3 Å². The lowest BCUT2D eigenvalue weighted by atomic mass is 10.0. The molecule has 178 valence electrons. The van der Waals surface area contributed by atoms with Crippen LogP contribution in [0.3, 0.4) is 0 Å². The molecule has 13 heteroatoms. The predicted octanol–water partition coefficient (Wildman–Crippen LogP) is 5.56. The highest BCUT2D eigenvalue weighted by atomic mass is 32.1. The fourth-order valence-electron chi connectivity index (χ4n) is 3.62. The number of nitrogens with zero attached hydrogens (tertiary/aromatic N) is 4. The van der Waals surface area contributed by atoms with Crippen LogP contribution < -0.4 is 5.32 Å². The molecule has 1 atom stereocenters. The van der Waals surface area contributed by atoms with E-state index in [1.165, 1.54) is 22.6 Å². The van der Waals surface area contributed by atoms with E-state index in [1.54, 1.807) is 6.92 Å². The summed E-state index contributed by atoms with van der Waals surface area (Å²) in [7, 11) is 0. The molecule has 0 spiro atoms. The van der Waals surface area contributed by atoms with E-state index >= 15 is 0 Å². The van der Waals surface area contributed by atoms with Crippen molar-refractivity contribution >= 4 is 44.7 Å². The van der Waals surface area contributed by atoms with E-state index in [4.69, 9.17) is 5.11 Å². The number of hydrogen-bond donors (Lipinski definition) is 2. The number of benzene rings is 1. The number of amides is 1. The molecule has 34 heavy (non-hydrogen) atoms. The molecule has 0 saturated carbocycles. The van der Waals surface area contributed by atoms with Crippen LogP contribution in [0.4, 0.5) is 29.5 Å². The van der Waals surface area contributed by atoms with Crippen molar-refractivity contribution in [2.24, 2.45) is 0 Å². The Hall–Kier alpha value is -3.74. The molecule has 1 amide bonds. The van der Waals surface area contributed by atoms with Crippen molar-refractivity contribution in [3.05, 3.63) is 62.8 Å². The Bertz CT molecular complexity index is 1310. The van der Waals surface area contributed by atoms with Crippen LogP contribution in [0.25, 0.3) is 15.8 Å². The number of alkyl halides is 3. The average molecular weight is 493 g/mol. The standard InChI is InChI=1S/C21H18F3N5O4S/c1-11(13-6-14(21(22,23)24)8-15(7-13)29(32)33)27-19-18-16(25-10-26-19)9-17(34-18)12-2-4-28(5-3-12)20(30)31/h2,6-11H,3-5H2,1H3,(H,30,31)(H,25,26,27). The molecule has 1 aliphatic rings. The zero-order chi connectivity index (χ0) is 24.6. The molecule has 3 heterocycles. The zero-order valence-electron chi connectivity index (χ0n) is 17.7. The van der Waals surface area contributed by atoms with Gasteiger partial charge < -0.3 is 15.3 Å². The molecular formula is C21H18F3N5O4S. The number of non-ortho nitro benzene ring substituents is 1. The van der Waals surface area contributed by atoms with E-state index in [9.17, 15) is 28.1 Å². The molecule has 1 aromatic carbocycles. The molecule has 2 N–H and O–H groups in total. The second-order valence-corrected chi connectivity index (χ2v) is 8.74. The third-order valence-electron chi connectivity index (χ3n) is 5.44. The predicted molar refractivity (Wildman–Crippen MR) is 120 cm³/mol. The Kier molecular flexibility index (Phi) is 6.13. The highest BCUT2D eigenvalue weighted by Crippen LogP contribution is 2.38. The molecule has 1 unspecified atom stereocenters. The van der Waals surface area contributed by atoms with Gasteiger partial charge in [-0.15, -0.1) is 11.3 Å². The number of carboxylic acid groups (broad SMARTS) is 1. The first-order valence-corrected chi connectivity index (χ1v) is 10.9. The molecule has 2 aromatic heterocycles. The van der Waals surface area contributed by atoms with Crippen molar-refractivity contribution in [1.82, 2.24) is 14.9 Å². The molecular weight excluding hydrogens is 475 g/mol. The Balaban J connectivity index is 1.64. The number of rotatable bonds is 5. The topological polar surface area (TPSA) is 121 Å². The van der Waals surface area contributed by atoms with Gasteiger partial charge in [0.05, 0.1) is 26.7 Å². The monoisotopic (exact) mass is 493 g/mol. The Morgan fingerprint density at radius 2 is 2.06 bits per heavy atom. The molecule has 0 aliphatic carbocycles. The lowest BCUT2D eigenvalue weighted by Gasteiger charge is -2.23. The molecule has 0 radical (unpaired) electrons. The highest BCUT2D eigenvalue weighted by Gasteiger charge is 2.33. The van der Waals surface area contributed by atoms with Crippen LogP contribution in [0.5, 0.6) is 0 Å². The third kappa shape index (κ3) is 4.78. The minimum atomic E-state index is -4.73. The van der Waals surface area contributed by atoms with Crippen molar-refractivity contribution in [3.8, 4) is 0 Å². The van der Waals surface area contributed by atoms with Gasteiger partial charge in [0, 0.05) is 30.1 Å². The lowest BCUT2D eigenvalue weighted by molar-refractivity contribution is -0.385. The quantitative estimate of drug-likeness (QED) is 0.353. The summed E-state index contributed by atoms with van der Waals surface area (Å²) in [6.45, 7) is 2.24. The minimum absolute atomic E-state index is 0.0915. The number of aromatic nitrogens is 2. The number of fused-ring (bicyclic) bond motifs is 1. The number of anilines is 1. The van der Waals surface area contributed by atoms with Crippen LogP contribution >= 0.6 is 11.3 Å². The average Bonchev–Trinajstić information content (AvgIpc) is 3.23. The van der Waals surface area contributed by atoms with Crippen molar-refractivity contribution in [2.75, 3.05) is 18.4 Å². The van der Waals surface area contributed by atoms with E-state index in [0.717, 1.165) is 22.6 Å². The van der Waals surface area contributed by atoms with Crippen LogP contribution in [0.1, 0.15) is 35.4 Å². The van der Waals surface area contributed by atoms with E-state index in [-0.39, 0.29) is 12.1 Å². The van der Waals surface area contributed by atoms with E-state index in [1.807, 2.05) is 12.1 Å². The molecule has 9 nitrogen and oxygen atoms in total. The molecule has 0 saturated heterocycles. The van der Waals surface area contributed by atoms with Gasteiger partial charge in [0.25, 0.3) is 5.69 Å². The van der Waals surface area contributed by atoms with E-state index in [0.29, 0.717) is 35.1 Å². The van der Waals surface area contributed by atoms with Gasteiger partial charge in [-0.2, -0.15) is 13.2 Å². The minimum Gasteiger partial charge on any atom is -0.465 e. The number of hydrogen-bond acceptors (Lipinski definition) is 7. The number of halogens is 3. The van der Waals surface area contributed by atoms with Gasteiger partial charge in [-0.25, -0.2) is 14.8 Å². The van der Waals surface area contributed by atoms with Gasteiger partial charge >= 0.3 is 12.3 Å². The van der Waals surface area contributed by atoms with Gasteiger partial charge in [-0.3, -0.25) is 10.1 Å². The van der Waals surface area contributed by atoms with Crippen LogP contribution in [-0.2, 0) is 6.18 Å². The Morgan fingerprint density at radius 3 is 2.68 bits per heavy atom.